The first-order valence-corrected chi connectivity index (χ1v) is 12.4. The van der Waals surface area contributed by atoms with Gasteiger partial charge in [0.1, 0.15) is 11.9 Å². The number of ether oxygens (including phenoxy) is 1. The average molecular weight is 603 g/mol. The first kappa shape index (κ1) is 26.3. The number of unbranched alkanes of at least 4 members (excludes halogenated alkanes) is 1. The summed E-state index contributed by atoms with van der Waals surface area (Å²) >= 11 is 6.74. The largest absolute Gasteiger partial charge is 0.506 e. The van der Waals surface area contributed by atoms with Gasteiger partial charge in [0.2, 0.25) is 5.91 Å². The first-order valence-electron chi connectivity index (χ1n) is 10.9. The fourth-order valence-corrected chi connectivity index (χ4v) is 4.56. The molecule has 0 unspecified atom stereocenters. The number of anilines is 3. The first-order chi connectivity index (χ1) is 16.8. The van der Waals surface area contributed by atoms with E-state index in [4.69, 9.17) is 10.5 Å². The summed E-state index contributed by atoms with van der Waals surface area (Å²) in [7, 11) is 0. The number of phenolic OH excluding ortho intramolecular Hbond substituents is 1. The Morgan fingerprint density at radius 2 is 1.74 bits per heavy atom. The van der Waals surface area contributed by atoms with Gasteiger partial charge in [0.25, 0.3) is 0 Å². The molecule has 0 bridgehead atoms. The Labute approximate surface area is 220 Å². The Morgan fingerprint density at radius 3 is 2.49 bits per heavy atom. The van der Waals surface area contributed by atoms with Crippen molar-refractivity contribution in [2.45, 2.75) is 25.4 Å². The molecular weight excluding hydrogens is 578 g/mol. The van der Waals surface area contributed by atoms with Gasteiger partial charge in [-0.2, -0.15) is 0 Å². The number of hydrogen-bond donors (Lipinski definition) is 4. The normalized spacial score (nSPS) is 11.7. The van der Waals surface area contributed by atoms with Crippen molar-refractivity contribution in [3.8, 4) is 5.75 Å². The molecule has 3 aromatic rings. The SMILES string of the molecule is Nc1ccccc1NC(=O)/C=C/CCC[C@H](OC(=O)Nc1ccccc1)c1cc(Br)cc(Br)c1O. The minimum absolute atomic E-state index is 0.00100. The van der Waals surface area contributed by atoms with Crippen molar-refractivity contribution >= 4 is 60.9 Å². The van der Waals surface area contributed by atoms with Gasteiger partial charge in [0, 0.05) is 15.7 Å². The quantitative estimate of drug-likeness (QED) is 0.118. The summed E-state index contributed by atoms with van der Waals surface area (Å²) in [5.74, 6) is -0.285. The Bertz CT molecular complexity index is 1200. The second-order valence-electron chi connectivity index (χ2n) is 7.62. The second-order valence-corrected chi connectivity index (χ2v) is 9.39. The highest BCUT2D eigenvalue weighted by molar-refractivity contribution is 9.11. The molecule has 0 aliphatic carbocycles. The van der Waals surface area contributed by atoms with E-state index in [0.29, 0.717) is 46.4 Å². The Kier molecular flexibility index (Phi) is 9.75. The highest BCUT2D eigenvalue weighted by atomic mass is 79.9. The van der Waals surface area contributed by atoms with Crippen molar-refractivity contribution in [3.05, 3.63) is 93.4 Å². The van der Waals surface area contributed by atoms with Gasteiger partial charge in [-0.15, -0.1) is 0 Å². The van der Waals surface area contributed by atoms with Crippen molar-refractivity contribution in [3.63, 3.8) is 0 Å². The van der Waals surface area contributed by atoms with Crippen molar-refractivity contribution in [1.82, 2.24) is 0 Å². The zero-order valence-corrected chi connectivity index (χ0v) is 21.9. The summed E-state index contributed by atoms with van der Waals surface area (Å²) in [6.07, 6.45) is 3.43. The highest BCUT2D eigenvalue weighted by Gasteiger charge is 2.22. The van der Waals surface area contributed by atoms with E-state index < -0.39 is 12.2 Å². The van der Waals surface area contributed by atoms with Crippen LogP contribution in [0.25, 0.3) is 0 Å². The molecule has 0 saturated carbocycles. The second kappa shape index (κ2) is 13.0. The van der Waals surface area contributed by atoms with Gasteiger partial charge in [-0.05, 0) is 77.7 Å². The third-order valence-corrected chi connectivity index (χ3v) is 6.06. The third kappa shape index (κ3) is 8.15. The maximum Gasteiger partial charge on any atom is 0.412 e. The van der Waals surface area contributed by atoms with Gasteiger partial charge >= 0.3 is 6.09 Å². The van der Waals surface area contributed by atoms with Crippen LogP contribution in [0.2, 0.25) is 0 Å². The van der Waals surface area contributed by atoms with Crippen LogP contribution in [0.3, 0.4) is 0 Å². The molecule has 1 atom stereocenters. The molecule has 3 aromatic carbocycles. The number of halogens is 2. The number of allylic oxidation sites excluding steroid dienone is 1. The lowest BCUT2D eigenvalue weighted by atomic mass is 10.0. The molecule has 0 radical (unpaired) electrons. The zero-order valence-electron chi connectivity index (χ0n) is 18.7. The molecule has 9 heteroatoms. The average Bonchev–Trinajstić information content (AvgIpc) is 2.82. The molecule has 35 heavy (non-hydrogen) atoms. The molecule has 0 fully saturated rings. The molecule has 0 aromatic heterocycles. The number of carbonyl (C=O) groups excluding carboxylic acids is 2. The number of benzene rings is 3. The molecule has 182 valence electrons. The lowest BCUT2D eigenvalue weighted by Gasteiger charge is -2.20. The molecule has 7 nitrogen and oxygen atoms in total. The maximum absolute atomic E-state index is 12.5. The summed E-state index contributed by atoms with van der Waals surface area (Å²) in [4.78, 5) is 24.7. The number of amides is 2. The Hall–Kier alpha value is -3.30. The van der Waals surface area contributed by atoms with E-state index >= 15 is 0 Å². The fraction of sp³-hybridized carbons (Fsp3) is 0.154. The standard InChI is InChI=1S/C26H25Br2N3O4/c27-17-15-19(25(33)20(28)16-17)23(35-26(34)30-18-9-3-1-4-10-18)13-5-2-6-14-24(32)31-22-12-8-7-11-21(22)29/h1,3-4,6-12,14-16,23,33H,2,5,13,29H2,(H,30,34)(H,31,32)/b14-6+/t23-/m0/s1. The topological polar surface area (TPSA) is 114 Å². The number of carbonyl (C=O) groups is 2. The van der Waals surface area contributed by atoms with Crippen molar-refractivity contribution in [2.24, 2.45) is 0 Å². The van der Waals surface area contributed by atoms with Crippen LogP contribution in [-0.2, 0) is 9.53 Å². The molecule has 0 heterocycles. The van der Waals surface area contributed by atoms with E-state index in [9.17, 15) is 14.7 Å². The van der Waals surface area contributed by atoms with Crippen molar-refractivity contribution in [1.29, 1.82) is 0 Å². The van der Waals surface area contributed by atoms with Gasteiger partial charge in [0.15, 0.2) is 0 Å². The predicted octanol–water partition coefficient (Wildman–Crippen LogP) is 7.15. The number of rotatable bonds is 9. The highest BCUT2D eigenvalue weighted by Crippen LogP contribution is 2.38. The number of hydrogen-bond acceptors (Lipinski definition) is 5. The summed E-state index contributed by atoms with van der Waals surface area (Å²) in [5.41, 5.74) is 7.95. The minimum Gasteiger partial charge on any atom is -0.506 e. The van der Waals surface area contributed by atoms with Crippen LogP contribution in [0.1, 0.15) is 30.9 Å². The maximum atomic E-state index is 12.5. The lowest BCUT2D eigenvalue weighted by Crippen LogP contribution is -2.18. The lowest BCUT2D eigenvalue weighted by molar-refractivity contribution is -0.111. The fourth-order valence-electron chi connectivity index (χ4n) is 3.30. The summed E-state index contributed by atoms with van der Waals surface area (Å²) in [6.45, 7) is 0. The molecule has 2 amide bonds. The van der Waals surface area contributed by atoms with E-state index in [1.165, 1.54) is 6.08 Å². The van der Waals surface area contributed by atoms with E-state index in [2.05, 4.69) is 42.5 Å². The number of para-hydroxylation sites is 3. The Balaban J connectivity index is 1.62. The monoisotopic (exact) mass is 601 g/mol. The molecule has 3 rings (SSSR count). The van der Waals surface area contributed by atoms with Crippen molar-refractivity contribution < 1.29 is 19.4 Å². The van der Waals surface area contributed by atoms with E-state index in [1.54, 1.807) is 66.7 Å². The number of nitrogens with one attached hydrogen (secondary N) is 2. The molecule has 0 aliphatic rings. The Morgan fingerprint density at radius 1 is 1.03 bits per heavy atom. The van der Waals surface area contributed by atoms with Gasteiger partial charge < -0.3 is 20.9 Å². The van der Waals surface area contributed by atoms with Gasteiger partial charge in [0.05, 0.1) is 15.8 Å². The molecule has 0 saturated heterocycles. The zero-order chi connectivity index (χ0) is 25.2. The van der Waals surface area contributed by atoms with Gasteiger partial charge in [-0.1, -0.05) is 52.3 Å². The molecule has 5 N–H and O–H groups in total. The van der Waals surface area contributed by atoms with Crippen molar-refractivity contribution in [2.75, 3.05) is 16.4 Å². The summed E-state index contributed by atoms with van der Waals surface area (Å²) < 4.78 is 6.89. The van der Waals surface area contributed by atoms with Crippen LogP contribution >= 0.6 is 31.9 Å². The third-order valence-electron chi connectivity index (χ3n) is 5.00. The van der Waals surface area contributed by atoms with E-state index in [-0.39, 0.29) is 11.7 Å². The van der Waals surface area contributed by atoms with Crippen LogP contribution in [0.5, 0.6) is 5.75 Å². The summed E-state index contributed by atoms with van der Waals surface area (Å²) in [6, 6.07) is 19.4. The number of phenols is 1. The smallest absolute Gasteiger partial charge is 0.412 e. The molecule has 0 spiro atoms. The number of nitrogens with two attached hydrogens (primary N) is 1. The van der Waals surface area contributed by atoms with Gasteiger partial charge in [-0.25, -0.2) is 4.79 Å². The van der Waals surface area contributed by atoms with E-state index in [0.717, 1.165) is 4.47 Å². The number of nitrogen functional groups attached to an aromatic ring is 1. The van der Waals surface area contributed by atoms with Crippen LogP contribution < -0.4 is 16.4 Å². The minimum atomic E-state index is -0.709. The van der Waals surface area contributed by atoms with Crippen LogP contribution in [0.4, 0.5) is 21.9 Å². The van der Waals surface area contributed by atoms with Gasteiger partial charge in [-0.3, -0.25) is 10.1 Å². The van der Waals surface area contributed by atoms with Crippen LogP contribution in [0, 0.1) is 0 Å². The summed E-state index contributed by atoms with van der Waals surface area (Å²) in [5, 5.41) is 16.0. The van der Waals surface area contributed by atoms with Crippen LogP contribution in [-0.4, -0.2) is 17.1 Å². The van der Waals surface area contributed by atoms with E-state index in [1.807, 2.05) is 6.07 Å². The molecular formula is C26H25Br2N3O4. The number of aromatic hydroxyl groups is 1. The van der Waals surface area contributed by atoms with Crippen LogP contribution in [0.15, 0.2) is 87.8 Å². The molecule has 0 aliphatic heterocycles. The predicted molar refractivity (Wildman–Crippen MR) is 145 cm³/mol.